The molecule has 2 saturated heterocycles. The number of fused-ring (bicyclic) bond motifs is 1. The zero-order chi connectivity index (χ0) is 19.0. The van der Waals surface area contributed by atoms with Gasteiger partial charge in [0.25, 0.3) is 0 Å². The number of hydrogen-bond acceptors (Lipinski definition) is 4. The van der Waals surface area contributed by atoms with E-state index in [9.17, 15) is 15.3 Å². The summed E-state index contributed by atoms with van der Waals surface area (Å²) in [7, 11) is 2.31. The van der Waals surface area contributed by atoms with Crippen molar-refractivity contribution in [2.75, 3.05) is 20.1 Å². The molecule has 5 aliphatic rings. The van der Waals surface area contributed by atoms with Gasteiger partial charge in [0.1, 0.15) is 23.5 Å². The van der Waals surface area contributed by atoms with E-state index in [1.807, 2.05) is 6.08 Å². The summed E-state index contributed by atoms with van der Waals surface area (Å²) in [6.07, 6.45) is 8.26. The second kappa shape index (κ2) is 5.62. The van der Waals surface area contributed by atoms with Crippen LogP contribution < -0.4 is 0 Å². The van der Waals surface area contributed by atoms with Crippen LogP contribution in [0.2, 0.25) is 0 Å². The molecule has 0 radical (unpaired) electrons. The molecular formula is C22H32NO4+. The fourth-order valence-electron chi connectivity index (χ4n) is 6.64. The molecule has 6 atom stereocenters. The average Bonchev–Trinajstić information content (AvgIpc) is 3.33. The maximum absolute atomic E-state index is 12.3. The summed E-state index contributed by atoms with van der Waals surface area (Å²) in [6, 6.07) is 0.0437. The van der Waals surface area contributed by atoms with E-state index < -0.39 is 23.2 Å². The zero-order valence-electron chi connectivity index (χ0n) is 16.2. The minimum atomic E-state index is -0.922. The number of quaternary nitrogens is 1. The van der Waals surface area contributed by atoms with E-state index in [0.29, 0.717) is 31.4 Å². The molecule has 4 fully saturated rings. The number of aliphatic hydroxyl groups is 3. The van der Waals surface area contributed by atoms with Crippen LogP contribution in [0, 0.1) is 11.3 Å². The van der Waals surface area contributed by atoms with Gasteiger partial charge in [-0.25, -0.2) is 0 Å². The van der Waals surface area contributed by atoms with Crippen molar-refractivity contribution in [3.05, 3.63) is 35.8 Å². The number of piperidine rings is 1. The lowest BCUT2D eigenvalue weighted by Gasteiger charge is -2.63. The molecule has 5 rings (SSSR count). The Morgan fingerprint density at radius 3 is 2.78 bits per heavy atom. The Morgan fingerprint density at radius 1 is 1.26 bits per heavy atom. The van der Waals surface area contributed by atoms with Gasteiger partial charge >= 0.3 is 0 Å². The SMILES string of the molecule is C=C1/C=C\C(O)=C2/C[C@]34CC[N+](C)(CC5CC5)C(C1)[C@]3(O)CCC(O)C4O2. The predicted molar refractivity (Wildman–Crippen MR) is 102 cm³/mol. The van der Waals surface area contributed by atoms with Crippen LogP contribution in [0.25, 0.3) is 0 Å². The van der Waals surface area contributed by atoms with E-state index in [2.05, 4.69) is 13.6 Å². The van der Waals surface area contributed by atoms with Gasteiger partial charge in [-0.1, -0.05) is 12.7 Å². The van der Waals surface area contributed by atoms with Crippen LogP contribution in [0.15, 0.2) is 35.8 Å². The Hall–Kier alpha value is -1.30. The molecule has 3 aliphatic carbocycles. The van der Waals surface area contributed by atoms with E-state index in [1.54, 1.807) is 6.08 Å². The largest absolute Gasteiger partial charge is 0.504 e. The standard InChI is InChI=1S/C22H31NO4/c1-14-3-6-16(24)18-12-21-9-10-23(2,13-15-4-5-15)19(11-14)22(21,26)8-7-17(25)20(21)27-18/h3,6,15,17,19-20,25-26H,1,4-5,7-13H2,2H3/p+1/b6-3-,18-16-/t17?,19?,20?,21-,22+,23?/m0/s1. The van der Waals surface area contributed by atoms with Gasteiger partial charge in [0.15, 0.2) is 5.76 Å². The first-order chi connectivity index (χ1) is 12.8. The number of rotatable bonds is 2. The lowest BCUT2D eigenvalue weighted by molar-refractivity contribution is -0.951. The Kier molecular flexibility index (Phi) is 3.70. The van der Waals surface area contributed by atoms with Crippen LogP contribution in [0.1, 0.15) is 44.9 Å². The van der Waals surface area contributed by atoms with Crippen molar-refractivity contribution < 1.29 is 24.5 Å². The van der Waals surface area contributed by atoms with Crippen LogP contribution in [0.5, 0.6) is 0 Å². The quantitative estimate of drug-likeness (QED) is 0.650. The summed E-state index contributed by atoms with van der Waals surface area (Å²) in [5.41, 5.74) is -0.512. The van der Waals surface area contributed by atoms with Gasteiger partial charge in [0.2, 0.25) is 0 Å². The maximum atomic E-state index is 12.3. The fourth-order valence-corrected chi connectivity index (χ4v) is 6.64. The van der Waals surface area contributed by atoms with Gasteiger partial charge in [-0.15, -0.1) is 0 Å². The number of likely N-dealkylation sites (tertiary alicyclic amines) is 1. The highest BCUT2D eigenvalue weighted by Crippen LogP contribution is 2.63. The molecule has 0 aromatic heterocycles. The molecule has 2 heterocycles. The first-order valence-corrected chi connectivity index (χ1v) is 10.5. The maximum Gasteiger partial charge on any atom is 0.153 e. The van der Waals surface area contributed by atoms with E-state index in [-0.39, 0.29) is 11.8 Å². The first-order valence-electron chi connectivity index (χ1n) is 10.5. The molecule has 5 heteroatoms. The average molecular weight is 375 g/mol. The van der Waals surface area contributed by atoms with E-state index in [1.165, 1.54) is 12.8 Å². The Balaban J connectivity index is 1.66. The van der Waals surface area contributed by atoms with Gasteiger partial charge < -0.3 is 24.5 Å². The third-order valence-corrected chi connectivity index (χ3v) is 8.29. The number of aliphatic hydroxyl groups excluding tert-OH is 2. The molecule has 148 valence electrons. The second-order valence-corrected chi connectivity index (χ2v) is 10.0. The topological polar surface area (TPSA) is 69.9 Å². The van der Waals surface area contributed by atoms with Crippen LogP contribution in [-0.4, -0.2) is 63.8 Å². The van der Waals surface area contributed by atoms with Crippen LogP contribution >= 0.6 is 0 Å². The summed E-state index contributed by atoms with van der Waals surface area (Å²) < 4.78 is 7.00. The third-order valence-electron chi connectivity index (χ3n) is 8.29. The number of likely N-dealkylation sites (N-methyl/N-ethyl adjacent to an activating group) is 1. The minimum Gasteiger partial charge on any atom is -0.504 e. The van der Waals surface area contributed by atoms with Crippen molar-refractivity contribution in [2.24, 2.45) is 11.3 Å². The summed E-state index contributed by atoms with van der Waals surface area (Å²) >= 11 is 0. The highest BCUT2D eigenvalue weighted by Gasteiger charge is 2.73. The van der Waals surface area contributed by atoms with Gasteiger partial charge in [-0.3, -0.25) is 0 Å². The van der Waals surface area contributed by atoms with E-state index in [4.69, 9.17) is 4.74 Å². The lowest BCUT2D eigenvalue weighted by Crippen LogP contribution is -2.77. The highest BCUT2D eigenvalue weighted by atomic mass is 16.5. The van der Waals surface area contributed by atoms with Crippen molar-refractivity contribution >= 4 is 0 Å². The first kappa shape index (κ1) is 17.8. The minimum absolute atomic E-state index is 0.0437. The smallest absolute Gasteiger partial charge is 0.153 e. The molecule has 3 bridgehead atoms. The molecule has 0 amide bonds. The summed E-state index contributed by atoms with van der Waals surface area (Å²) in [5, 5.41) is 33.5. The van der Waals surface area contributed by atoms with E-state index in [0.717, 1.165) is 35.5 Å². The van der Waals surface area contributed by atoms with Crippen molar-refractivity contribution in [1.29, 1.82) is 0 Å². The molecule has 0 aromatic rings. The molecule has 0 aromatic carbocycles. The van der Waals surface area contributed by atoms with Gasteiger partial charge in [-0.05, 0) is 37.3 Å². The van der Waals surface area contributed by atoms with Crippen LogP contribution in [0.4, 0.5) is 0 Å². The predicted octanol–water partition coefficient (Wildman–Crippen LogP) is 2.56. The van der Waals surface area contributed by atoms with Gasteiger partial charge in [0.05, 0.1) is 31.7 Å². The lowest BCUT2D eigenvalue weighted by atomic mass is 9.52. The normalized spacial score (nSPS) is 53.0. The Morgan fingerprint density at radius 2 is 2.04 bits per heavy atom. The molecule has 27 heavy (non-hydrogen) atoms. The van der Waals surface area contributed by atoms with Crippen molar-refractivity contribution in [1.82, 2.24) is 0 Å². The summed E-state index contributed by atoms with van der Waals surface area (Å²) in [4.78, 5) is 0. The summed E-state index contributed by atoms with van der Waals surface area (Å²) in [5.74, 6) is 1.40. The number of nitrogens with zero attached hydrogens (tertiary/aromatic N) is 1. The van der Waals surface area contributed by atoms with Crippen LogP contribution in [-0.2, 0) is 4.74 Å². The second-order valence-electron chi connectivity index (χ2n) is 10.0. The van der Waals surface area contributed by atoms with Crippen molar-refractivity contribution in [3.8, 4) is 0 Å². The molecule has 2 aliphatic heterocycles. The van der Waals surface area contributed by atoms with Gasteiger partial charge in [-0.2, -0.15) is 0 Å². The summed E-state index contributed by atoms with van der Waals surface area (Å²) in [6.45, 7) is 6.30. The Bertz CT molecular complexity index is 741. The monoisotopic (exact) mass is 374 g/mol. The molecule has 1 spiro atoms. The number of allylic oxidation sites excluding steroid dienone is 3. The zero-order valence-corrected chi connectivity index (χ0v) is 16.2. The molecule has 4 unspecified atom stereocenters. The van der Waals surface area contributed by atoms with Crippen molar-refractivity contribution in [3.63, 3.8) is 0 Å². The molecule has 3 N–H and O–H groups in total. The van der Waals surface area contributed by atoms with E-state index >= 15 is 0 Å². The highest BCUT2D eigenvalue weighted by molar-refractivity contribution is 5.32. The number of ether oxygens (including phenoxy) is 1. The molecular weight excluding hydrogens is 342 g/mol. The molecule has 2 saturated carbocycles. The number of hydrogen-bond donors (Lipinski definition) is 3. The fraction of sp³-hybridized carbons (Fsp3) is 0.727. The Labute approximate surface area is 161 Å². The van der Waals surface area contributed by atoms with Gasteiger partial charge in [0, 0.05) is 25.2 Å². The van der Waals surface area contributed by atoms with Crippen molar-refractivity contribution in [2.45, 2.75) is 68.8 Å². The molecule has 5 nitrogen and oxygen atoms in total. The van der Waals surface area contributed by atoms with Crippen LogP contribution in [0.3, 0.4) is 0 Å². The third kappa shape index (κ3) is 2.41.